The number of pyridine rings is 1. The molecule has 0 radical (unpaired) electrons. The third kappa shape index (κ3) is 3.14. The van der Waals surface area contributed by atoms with Crippen molar-refractivity contribution in [1.82, 2.24) is 11.1 Å². The molecule has 0 unspecified atom stereocenters. The van der Waals surface area contributed by atoms with E-state index in [1.54, 1.807) is 41.5 Å². The van der Waals surface area contributed by atoms with Crippen molar-refractivity contribution in [3.05, 3.63) is 23.0 Å². The number of alkyl halides is 3. The summed E-state index contributed by atoms with van der Waals surface area (Å²) in [6, 6.07) is 1.45. The Labute approximate surface area is 129 Å². The van der Waals surface area contributed by atoms with Crippen molar-refractivity contribution < 1.29 is 22.5 Å². The van der Waals surface area contributed by atoms with E-state index in [0.29, 0.717) is 11.3 Å². The van der Waals surface area contributed by atoms with E-state index >= 15 is 0 Å². The van der Waals surface area contributed by atoms with E-state index in [2.05, 4.69) is 4.98 Å². The van der Waals surface area contributed by atoms with Crippen LogP contribution in [0.15, 0.2) is 6.07 Å². The highest BCUT2D eigenvalue weighted by Gasteiger charge is 2.54. The van der Waals surface area contributed by atoms with Gasteiger partial charge in [-0.25, -0.2) is 4.98 Å². The zero-order chi connectivity index (χ0) is 16.2. The first-order valence-electron chi connectivity index (χ1n) is 6.76. The molecule has 22 heavy (non-hydrogen) atoms. The molecule has 1 aliphatic heterocycles. The van der Waals surface area contributed by atoms with Crippen molar-refractivity contribution in [2.75, 3.05) is 0 Å². The average molecular weight is 318 g/mol. The van der Waals surface area contributed by atoms with Crippen LogP contribution in [0.3, 0.4) is 0 Å². The number of halogens is 3. The molecule has 0 bridgehead atoms. The summed E-state index contributed by atoms with van der Waals surface area (Å²) < 4.78 is 51.1. The molecule has 1 fully saturated rings. The summed E-state index contributed by atoms with van der Waals surface area (Å²) in [4.78, 5) is 3.70. The molecule has 0 amide bonds. The normalized spacial score (nSPS) is 20.0. The van der Waals surface area contributed by atoms with E-state index in [9.17, 15) is 13.2 Å². The molecule has 2 heterocycles. The molecule has 1 aliphatic rings. The van der Waals surface area contributed by atoms with Gasteiger partial charge in [0.1, 0.15) is 5.69 Å². The molecule has 2 rings (SSSR count). The lowest BCUT2D eigenvalue weighted by Crippen LogP contribution is -2.41. The second kappa shape index (κ2) is 5.51. The van der Waals surface area contributed by atoms with E-state index in [4.69, 9.17) is 9.31 Å². The van der Waals surface area contributed by atoms with Gasteiger partial charge in [0, 0.05) is 11.2 Å². The second-order valence-corrected chi connectivity index (χ2v) is 6.41. The third-order valence-corrected chi connectivity index (χ3v) is 4.27. The van der Waals surface area contributed by atoms with Crippen LogP contribution in [0.1, 0.15) is 44.6 Å². The lowest BCUT2D eigenvalue weighted by molar-refractivity contribution is -0.140. The number of hydrogen-bond donors (Lipinski definition) is 1. The number of rotatable bonds is 1. The lowest BCUT2D eigenvalue weighted by atomic mass is 9.76. The van der Waals surface area contributed by atoms with Crippen LogP contribution in [-0.2, 0) is 15.5 Å². The first-order valence-corrected chi connectivity index (χ1v) is 6.76. The summed E-state index contributed by atoms with van der Waals surface area (Å²) in [5.74, 6) is 0. The second-order valence-electron chi connectivity index (χ2n) is 6.41. The molecular formula is C14H22BF3N2O2. The maximum Gasteiger partial charge on any atom is 0.497 e. The highest BCUT2D eigenvalue weighted by molar-refractivity contribution is 6.62. The van der Waals surface area contributed by atoms with E-state index < -0.39 is 30.2 Å². The summed E-state index contributed by atoms with van der Waals surface area (Å²) in [5.41, 5.74) is -1.37. The molecular weight excluding hydrogens is 296 g/mol. The minimum Gasteiger partial charge on any atom is -0.399 e. The Morgan fingerprint density at radius 1 is 1.05 bits per heavy atom. The van der Waals surface area contributed by atoms with Crippen molar-refractivity contribution in [2.24, 2.45) is 0 Å². The fraction of sp³-hybridized carbons (Fsp3) is 0.643. The molecule has 3 N–H and O–H groups in total. The van der Waals surface area contributed by atoms with Crippen LogP contribution in [0.5, 0.6) is 0 Å². The molecule has 0 saturated carbocycles. The SMILES string of the molecule is Cc1cc(B2OC(C)(C)C(C)(C)O2)c(C(F)(F)F)nc1C.N. The smallest absolute Gasteiger partial charge is 0.399 e. The van der Waals surface area contributed by atoms with Gasteiger partial charge in [0.05, 0.1) is 11.2 Å². The van der Waals surface area contributed by atoms with Crippen molar-refractivity contribution in [1.29, 1.82) is 0 Å². The minimum absolute atomic E-state index is 0. The Balaban J connectivity index is 0.00000242. The van der Waals surface area contributed by atoms with Crippen molar-refractivity contribution in [3.63, 3.8) is 0 Å². The molecule has 0 aromatic carbocycles. The molecule has 124 valence electrons. The maximum absolute atomic E-state index is 13.2. The fourth-order valence-corrected chi connectivity index (χ4v) is 2.10. The Morgan fingerprint density at radius 2 is 1.50 bits per heavy atom. The number of aryl methyl sites for hydroxylation is 2. The Hall–Kier alpha value is -1.12. The van der Waals surface area contributed by atoms with Gasteiger partial charge in [-0.3, -0.25) is 0 Å². The highest BCUT2D eigenvalue weighted by atomic mass is 19.4. The van der Waals surface area contributed by atoms with Gasteiger partial charge < -0.3 is 15.5 Å². The molecule has 1 saturated heterocycles. The third-order valence-electron chi connectivity index (χ3n) is 4.27. The van der Waals surface area contributed by atoms with E-state index in [1.165, 1.54) is 6.07 Å². The van der Waals surface area contributed by atoms with Crippen LogP contribution in [0.4, 0.5) is 13.2 Å². The first-order chi connectivity index (χ1) is 9.35. The van der Waals surface area contributed by atoms with Crippen LogP contribution in [0.25, 0.3) is 0 Å². The molecule has 1 aromatic rings. The van der Waals surface area contributed by atoms with Crippen LogP contribution < -0.4 is 11.6 Å². The van der Waals surface area contributed by atoms with Gasteiger partial charge in [-0.2, -0.15) is 13.2 Å². The zero-order valence-electron chi connectivity index (χ0n) is 13.8. The van der Waals surface area contributed by atoms with Gasteiger partial charge >= 0.3 is 13.3 Å². The Bertz CT molecular complexity index is 558. The Morgan fingerprint density at radius 3 is 1.91 bits per heavy atom. The van der Waals surface area contributed by atoms with Crippen LogP contribution in [-0.4, -0.2) is 23.3 Å². The summed E-state index contributed by atoms with van der Waals surface area (Å²) in [6.07, 6.45) is -4.54. The largest absolute Gasteiger partial charge is 0.497 e. The van der Waals surface area contributed by atoms with Crippen molar-refractivity contribution >= 4 is 12.6 Å². The predicted molar refractivity (Wildman–Crippen MR) is 79.5 cm³/mol. The average Bonchev–Trinajstić information content (AvgIpc) is 2.50. The van der Waals surface area contributed by atoms with Gasteiger partial charge in [-0.05, 0) is 47.1 Å². The molecule has 4 nitrogen and oxygen atoms in total. The van der Waals surface area contributed by atoms with Crippen molar-refractivity contribution in [3.8, 4) is 0 Å². The highest BCUT2D eigenvalue weighted by Crippen LogP contribution is 2.38. The molecule has 0 spiro atoms. The van der Waals surface area contributed by atoms with Gasteiger partial charge in [0.2, 0.25) is 0 Å². The first kappa shape index (κ1) is 18.9. The quantitative estimate of drug-likeness (QED) is 0.808. The predicted octanol–water partition coefficient (Wildman–Crippen LogP) is 3.18. The number of aromatic nitrogens is 1. The van der Waals surface area contributed by atoms with Crippen LogP contribution in [0.2, 0.25) is 0 Å². The molecule has 0 aliphatic carbocycles. The van der Waals surface area contributed by atoms with E-state index in [0.717, 1.165) is 0 Å². The number of nitrogens with zero attached hydrogens (tertiary/aromatic N) is 1. The standard InChI is InChI=1S/C14H19BF3NO2.H3N/c1-8-7-10(11(14(16,17)18)19-9(8)2)15-20-12(3,4)13(5,6)21-15;/h7H,1-6H3;1H3. The topological polar surface area (TPSA) is 66.3 Å². The van der Waals surface area contributed by atoms with Gasteiger partial charge in [-0.15, -0.1) is 0 Å². The van der Waals surface area contributed by atoms with E-state index in [1.807, 2.05) is 0 Å². The summed E-state index contributed by atoms with van der Waals surface area (Å²) >= 11 is 0. The maximum atomic E-state index is 13.2. The van der Waals surface area contributed by atoms with Gasteiger partial charge in [0.15, 0.2) is 0 Å². The monoisotopic (exact) mass is 318 g/mol. The molecule has 1 aromatic heterocycles. The minimum atomic E-state index is -4.54. The molecule has 0 atom stereocenters. The van der Waals surface area contributed by atoms with Crippen LogP contribution >= 0.6 is 0 Å². The Kier molecular flexibility index (Phi) is 4.74. The lowest BCUT2D eigenvalue weighted by Gasteiger charge is -2.32. The summed E-state index contributed by atoms with van der Waals surface area (Å²) in [7, 11) is -1.07. The molecule has 8 heteroatoms. The summed E-state index contributed by atoms with van der Waals surface area (Å²) in [6.45, 7) is 10.5. The summed E-state index contributed by atoms with van der Waals surface area (Å²) in [5, 5.41) is 0. The van der Waals surface area contributed by atoms with Gasteiger partial charge in [-0.1, -0.05) is 6.07 Å². The number of hydrogen-bond acceptors (Lipinski definition) is 4. The zero-order valence-corrected chi connectivity index (χ0v) is 13.8. The van der Waals surface area contributed by atoms with Gasteiger partial charge in [0.25, 0.3) is 0 Å². The van der Waals surface area contributed by atoms with Crippen molar-refractivity contribution in [2.45, 2.75) is 58.9 Å². The fourth-order valence-electron chi connectivity index (χ4n) is 2.10. The van der Waals surface area contributed by atoms with E-state index in [-0.39, 0.29) is 11.6 Å². The van der Waals surface area contributed by atoms with Crippen LogP contribution in [0, 0.1) is 13.8 Å².